The number of hydrogen-bond acceptors (Lipinski definition) is 4. The van der Waals surface area contributed by atoms with Crippen LogP contribution in [0.5, 0.6) is 5.75 Å². The summed E-state index contributed by atoms with van der Waals surface area (Å²) in [4.78, 5) is 13.0. The largest absolute Gasteiger partial charge is 0.496 e. The molecule has 0 aliphatic rings. The van der Waals surface area contributed by atoms with Gasteiger partial charge in [0.05, 0.1) is 25.2 Å². The highest BCUT2D eigenvalue weighted by Gasteiger charge is 2.11. The first-order chi connectivity index (χ1) is 9.19. The predicted octanol–water partition coefficient (Wildman–Crippen LogP) is 2.69. The van der Waals surface area contributed by atoms with Gasteiger partial charge in [0.2, 0.25) is 0 Å². The number of imidazole rings is 1. The van der Waals surface area contributed by atoms with Crippen molar-refractivity contribution in [3.8, 4) is 17.1 Å². The topological polar surface area (TPSA) is 52.8 Å². The highest BCUT2D eigenvalue weighted by molar-refractivity contribution is 6.30. The summed E-state index contributed by atoms with van der Waals surface area (Å²) >= 11 is 5.95. The first kappa shape index (κ1) is 11.9. The van der Waals surface area contributed by atoms with Gasteiger partial charge in [-0.15, -0.1) is 0 Å². The maximum absolute atomic E-state index is 5.95. The van der Waals surface area contributed by atoms with E-state index in [1.165, 1.54) is 0 Å². The molecule has 0 unspecified atom stereocenters. The molecule has 0 saturated heterocycles. The molecule has 0 aliphatic carbocycles. The third-order valence-electron chi connectivity index (χ3n) is 2.86. The van der Waals surface area contributed by atoms with Crippen molar-refractivity contribution in [3.63, 3.8) is 0 Å². The quantitative estimate of drug-likeness (QED) is 0.721. The van der Waals surface area contributed by atoms with Crippen molar-refractivity contribution >= 4 is 22.8 Å². The number of aryl methyl sites for hydroxylation is 1. The molecule has 0 bridgehead atoms. The summed E-state index contributed by atoms with van der Waals surface area (Å²) in [5, 5.41) is 0.613. The lowest BCUT2D eigenvalue weighted by Gasteiger charge is -2.07. The summed E-state index contributed by atoms with van der Waals surface area (Å²) in [5.74, 6) is 1.23. The van der Waals surface area contributed by atoms with E-state index in [2.05, 4.69) is 15.0 Å². The molecular weight excluding hydrogens is 264 g/mol. The minimum atomic E-state index is 0.588. The molecule has 1 aromatic carbocycles. The Labute approximate surface area is 114 Å². The molecule has 2 aromatic heterocycles. The van der Waals surface area contributed by atoms with Gasteiger partial charge in [-0.2, -0.15) is 0 Å². The van der Waals surface area contributed by atoms with Crippen LogP contribution in [-0.4, -0.2) is 26.6 Å². The fourth-order valence-corrected chi connectivity index (χ4v) is 2.06. The molecule has 2 heterocycles. The fourth-order valence-electron chi connectivity index (χ4n) is 1.90. The van der Waals surface area contributed by atoms with Crippen LogP contribution in [0.1, 0.15) is 0 Å². The van der Waals surface area contributed by atoms with Crippen molar-refractivity contribution in [1.82, 2.24) is 19.5 Å². The first-order valence-corrected chi connectivity index (χ1v) is 6.05. The molecule has 3 aromatic rings. The Morgan fingerprint density at radius 1 is 1.26 bits per heavy atom. The Morgan fingerprint density at radius 2 is 2.11 bits per heavy atom. The maximum atomic E-state index is 5.95. The molecule has 96 valence electrons. The van der Waals surface area contributed by atoms with Crippen LogP contribution < -0.4 is 4.74 Å². The molecule has 3 rings (SSSR count). The minimum absolute atomic E-state index is 0.588. The highest BCUT2D eigenvalue weighted by atomic mass is 35.5. The van der Waals surface area contributed by atoms with Crippen LogP contribution >= 0.6 is 11.6 Å². The Morgan fingerprint density at radius 3 is 2.89 bits per heavy atom. The molecule has 0 fully saturated rings. The second kappa shape index (κ2) is 4.51. The van der Waals surface area contributed by atoms with Crippen molar-refractivity contribution in [2.75, 3.05) is 7.11 Å². The predicted molar refractivity (Wildman–Crippen MR) is 73.3 cm³/mol. The van der Waals surface area contributed by atoms with Crippen molar-refractivity contribution in [2.24, 2.45) is 7.05 Å². The van der Waals surface area contributed by atoms with Gasteiger partial charge in [0.1, 0.15) is 11.3 Å². The van der Waals surface area contributed by atoms with Crippen molar-refractivity contribution in [2.45, 2.75) is 0 Å². The molecule has 0 aliphatic heterocycles. The molecule has 0 amide bonds. The van der Waals surface area contributed by atoms with Gasteiger partial charge in [-0.05, 0) is 18.2 Å². The van der Waals surface area contributed by atoms with Crippen LogP contribution in [0.4, 0.5) is 0 Å². The van der Waals surface area contributed by atoms with Gasteiger partial charge in [0, 0.05) is 12.1 Å². The number of methoxy groups -OCH3 is 1. The van der Waals surface area contributed by atoms with E-state index in [4.69, 9.17) is 16.3 Å². The number of benzene rings is 1. The van der Waals surface area contributed by atoms with Crippen molar-refractivity contribution in [1.29, 1.82) is 0 Å². The molecule has 0 N–H and O–H groups in total. The van der Waals surface area contributed by atoms with Gasteiger partial charge in [-0.3, -0.25) is 0 Å². The van der Waals surface area contributed by atoms with Gasteiger partial charge in [-0.1, -0.05) is 11.6 Å². The van der Waals surface area contributed by atoms with Gasteiger partial charge < -0.3 is 9.30 Å². The summed E-state index contributed by atoms with van der Waals surface area (Å²) in [7, 11) is 3.49. The summed E-state index contributed by atoms with van der Waals surface area (Å²) in [5.41, 5.74) is 2.34. The second-order valence-electron chi connectivity index (χ2n) is 4.10. The molecule has 19 heavy (non-hydrogen) atoms. The Balaban J connectivity index is 2.21. The third kappa shape index (κ3) is 2.02. The monoisotopic (exact) mass is 274 g/mol. The van der Waals surface area contributed by atoms with Crippen molar-refractivity contribution in [3.05, 3.63) is 35.7 Å². The molecule has 0 radical (unpaired) electrons. The van der Waals surface area contributed by atoms with Crippen LogP contribution in [-0.2, 0) is 7.05 Å². The summed E-state index contributed by atoms with van der Waals surface area (Å²) in [6, 6.07) is 5.38. The normalized spacial score (nSPS) is 10.9. The summed E-state index contributed by atoms with van der Waals surface area (Å²) in [6.07, 6.45) is 3.41. The van der Waals surface area contributed by atoms with Crippen LogP contribution in [0.2, 0.25) is 5.02 Å². The van der Waals surface area contributed by atoms with Crippen LogP contribution in [0.25, 0.3) is 22.6 Å². The SMILES string of the molecule is COc1cc(Cl)ccc1-c1ncc2ncn(C)c2n1. The molecule has 0 atom stereocenters. The van der Waals surface area contributed by atoms with Crippen LogP contribution in [0.15, 0.2) is 30.7 Å². The Kier molecular flexibility index (Phi) is 2.83. The zero-order valence-corrected chi connectivity index (χ0v) is 11.2. The van der Waals surface area contributed by atoms with E-state index in [-0.39, 0.29) is 0 Å². The average Bonchev–Trinajstić information content (AvgIpc) is 2.80. The smallest absolute Gasteiger partial charge is 0.165 e. The van der Waals surface area contributed by atoms with Crippen LogP contribution in [0, 0.1) is 0 Å². The molecule has 0 saturated carbocycles. The van der Waals surface area contributed by atoms with Gasteiger partial charge in [-0.25, -0.2) is 15.0 Å². The van der Waals surface area contributed by atoms with Gasteiger partial charge in [0.15, 0.2) is 11.5 Å². The summed E-state index contributed by atoms with van der Waals surface area (Å²) < 4.78 is 7.17. The van der Waals surface area contributed by atoms with Gasteiger partial charge in [0.25, 0.3) is 0 Å². The van der Waals surface area contributed by atoms with Crippen LogP contribution in [0.3, 0.4) is 0 Å². The molecule has 0 spiro atoms. The highest BCUT2D eigenvalue weighted by Crippen LogP contribution is 2.30. The van der Waals surface area contributed by atoms with E-state index < -0.39 is 0 Å². The lowest BCUT2D eigenvalue weighted by molar-refractivity contribution is 0.416. The van der Waals surface area contributed by atoms with Crippen molar-refractivity contribution < 1.29 is 4.74 Å². The Hall–Kier alpha value is -2.14. The lowest BCUT2D eigenvalue weighted by Crippen LogP contribution is -1.95. The standard InChI is InChI=1S/C13H11ClN4O/c1-18-7-16-10-6-15-12(17-13(10)18)9-4-3-8(14)5-11(9)19-2/h3-7H,1-2H3. The number of rotatable bonds is 2. The zero-order valence-electron chi connectivity index (χ0n) is 10.5. The number of hydrogen-bond donors (Lipinski definition) is 0. The summed E-state index contributed by atoms with van der Waals surface area (Å²) in [6.45, 7) is 0. The van der Waals surface area contributed by atoms with E-state index in [9.17, 15) is 0 Å². The third-order valence-corrected chi connectivity index (χ3v) is 3.09. The van der Waals surface area contributed by atoms with E-state index in [1.54, 1.807) is 31.8 Å². The molecule has 5 nitrogen and oxygen atoms in total. The number of ether oxygens (including phenoxy) is 1. The lowest BCUT2D eigenvalue weighted by atomic mass is 10.2. The van der Waals surface area contributed by atoms with Gasteiger partial charge >= 0.3 is 0 Å². The van der Waals surface area contributed by atoms with E-state index in [0.29, 0.717) is 16.6 Å². The molecular formula is C13H11ClN4O. The minimum Gasteiger partial charge on any atom is -0.496 e. The Bertz CT molecular complexity index is 753. The molecule has 6 heteroatoms. The fraction of sp³-hybridized carbons (Fsp3) is 0.154. The van der Waals surface area contributed by atoms with E-state index in [1.807, 2.05) is 17.7 Å². The number of halogens is 1. The first-order valence-electron chi connectivity index (χ1n) is 5.67. The zero-order chi connectivity index (χ0) is 13.4. The second-order valence-corrected chi connectivity index (χ2v) is 4.54. The van der Waals surface area contributed by atoms with E-state index in [0.717, 1.165) is 16.7 Å². The van der Waals surface area contributed by atoms with E-state index >= 15 is 0 Å². The average molecular weight is 275 g/mol. The number of nitrogens with zero attached hydrogens (tertiary/aromatic N) is 4. The number of fused-ring (bicyclic) bond motifs is 1. The maximum Gasteiger partial charge on any atom is 0.165 e. The number of aromatic nitrogens is 4.